The molecular weight excluding hydrogens is 334 g/mol. The number of carbonyl (C=O) groups is 1. The molecule has 1 amide bonds. The number of aromatic amines is 1. The van der Waals surface area contributed by atoms with Crippen LogP contribution in [0, 0.1) is 0 Å². The lowest BCUT2D eigenvalue weighted by Crippen LogP contribution is -2.19. The van der Waals surface area contributed by atoms with Crippen molar-refractivity contribution in [2.24, 2.45) is 5.73 Å². The van der Waals surface area contributed by atoms with Crippen LogP contribution in [-0.4, -0.2) is 31.9 Å². The summed E-state index contributed by atoms with van der Waals surface area (Å²) in [4.78, 5) is 38.7. The molecule has 0 bridgehead atoms. The Balaban J connectivity index is 1.77. The van der Waals surface area contributed by atoms with Gasteiger partial charge < -0.3 is 16.4 Å². The topological polar surface area (TPSA) is 139 Å². The summed E-state index contributed by atoms with van der Waals surface area (Å²) in [5.41, 5.74) is 7.15. The van der Waals surface area contributed by atoms with Crippen molar-refractivity contribution >= 4 is 28.7 Å². The van der Waals surface area contributed by atoms with Gasteiger partial charge in [-0.05, 0) is 38.1 Å². The number of hydrogen-bond acceptors (Lipinski definition) is 7. The Hall–Kier alpha value is -3.49. The van der Waals surface area contributed by atoms with Crippen LogP contribution in [0.3, 0.4) is 0 Å². The van der Waals surface area contributed by atoms with Gasteiger partial charge >= 0.3 is 0 Å². The van der Waals surface area contributed by atoms with Crippen molar-refractivity contribution in [2.45, 2.75) is 26.4 Å². The van der Waals surface area contributed by atoms with Crippen molar-refractivity contribution < 1.29 is 4.79 Å². The van der Waals surface area contributed by atoms with Crippen LogP contribution in [0.1, 0.15) is 29.9 Å². The molecule has 3 aromatic rings. The summed E-state index contributed by atoms with van der Waals surface area (Å²) in [5, 5.41) is 6.18. The largest absolute Gasteiger partial charge is 0.379 e. The number of amides is 1. The lowest BCUT2D eigenvalue weighted by molar-refractivity contribution is 0.100. The smallest absolute Gasteiger partial charge is 0.280 e. The van der Waals surface area contributed by atoms with Crippen LogP contribution in [0.25, 0.3) is 11.2 Å². The molecule has 1 aromatic carbocycles. The van der Waals surface area contributed by atoms with Gasteiger partial charge in [-0.3, -0.25) is 14.6 Å². The van der Waals surface area contributed by atoms with E-state index in [0.29, 0.717) is 23.8 Å². The molecule has 0 spiro atoms. The molecule has 9 nitrogen and oxygen atoms in total. The first-order valence-electron chi connectivity index (χ1n) is 8.08. The van der Waals surface area contributed by atoms with Crippen LogP contribution in [0.15, 0.2) is 35.3 Å². The molecule has 5 N–H and O–H groups in total. The molecule has 0 saturated heterocycles. The van der Waals surface area contributed by atoms with Crippen LogP contribution in [0.2, 0.25) is 0 Å². The quantitative estimate of drug-likeness (QED) is 0.523. The van der Waals surface area contributed by atoms with Crippen LogP contribution < -0.4 is 21.9 Å². The van der Waals surface area contributed by atoms with Crippen molar-refractivity contribution in [3.05, 3.63) is 52.1 Å². The minimum Gasteiger partial charge on any atom is -0.379 e. The highest BCUT2D eigenvalue weighted by Crippen LogP contribution is 2.11. The van der Waals surface area contributed by atoms with Gasteiger partial charge in [-0.1, -0.05) is 0 Å². The summed E-state index contributed by atoms with van der Waals surface area (Å²) in [6.45, 7) is 4.26. The zero-order chi connectivity index (χ0) is 18.7. The molecule has 3 rings (SSSR count). The number of nitrogens with one attached hydrogen (secondary N) is 3. The van der Waals surface area contributed by atoms with Gasteiger partial charge in [0.2, 0.25) is 11.9 Å². The molecule has 0 atom stereocenters. The number of aromatic nitrogens is 4. The minimum atomic E-state index is -0.477. The standard InChI is InChI=1S/C17H19N7O2/c1-9(2)21-17-23-15-13(16(26)24-17)22-12(8-20-15)7-19-11-5-3-10(4-6-11)14(18)25/h3-6,8-9,19H,7H2,1-2H3,(H2,18,25)(H2,20,21,23,24,26). The SMILES string of the molecule is CC(C)Nc1nc2ncc(CNc3ccc(C(N)=O)cc3)nc2c(=O)[nH]1. The Kier molecular flexibility index (Phi) is 4.78. The normalized spacial score (nSPS) is 10.9. The molecule has 0 saturated carbocycles. The zero-order valence-corrected chi connectivity index (χ0v) is 14.4. The van der Waals surface area contributed by atoms with E-state index in [4.69, 9.17) is 5.73 Å². The van der Waals surface area contributed by atoms with E-state index in [1.165, 1.54) is 0 Å². The van der Waals surface area contributed by atoms with Gasteiger partial charge in [0.25, 0.3) is 5.56 Å². The highest BCUT2D eigenvalue weighted by atomic mass is 16.1. The van der Waals surface area contributed by atoms with E-state index in [0.717, 1.165) is 5.69 Å². The molecule has 2 aromatic heterocycles. The molecule has 0 aliphatic heterocycles. The molecule has 2 heterocycles. The fraction of sp³-hybridized carbons (Fsp3) is 0.235. The summed E-state index contributed by atoms with van der Waals surface area (Å²) < 4.78 is 0. The van der Waals surface area contributed by atoms with Crippen molar-refractivity contribution in [3.63, 3.8) is 0 Å². The van der Waals surface area contributed by atoms with E-state index in [1.54, 1.807) is 30.5 Å². The summed E-state index contributed by atoms with van der Waals surface area (Å²) in [7, 11) is 0. The molecule has 26 heavy (non-hydrogen) atoms. The Bertz CT molecular complexity index is 996. The third-order valence-electron chi connectivity index (χ3n) is 3.54. The molecule has 0 radical (unpaired) electrons. The second kappa shape index (κ2) is 7.18. The third-order valence-corrected chi connectivity index (χ3v) is 3.54. The van der Waals surface area contributed by atoms with Crippen molar-refractivity contribution in [3.8, 4) is 0 Å². The maximum atomic E-state index is 12.2. The number of benzene rings is 1. The number of hydrogen-bond donors (Lipinski definition) is 4. The van der Waals surface area contributed by atoms with Crippen LogP contribution >= 0.6 is 0 Å². The Morgan fingerprint density at radius 2 is 1.96 bits per heavy atom. The van der Waals surface area contributed by atoms with Gasteiger partial charge in [0.1, 0.15) is 0 Å². The van der Waals surface area contributed by atoms with Gasteiger partial charge in [-0.15, -0.1) is 0 Å². The third kappa shape index (κ3) is 3.94. The molecular formula is C17H19N7O2. The minimum absolute atomic E-state index is 0.132. The Morgan fingerprint density at radius 3 is 2.62 bits per heavy atom. The Morgan fingerprint density at radius 1 is 1.23 bits per heavy atom. The molecule has 0 fully saturated rings. The molecule has 134 valence electrons. The van der Waals surface area contributed by atoms with Crippen LogP contribution in [-0.2, 0) is 6.54 Å². The number of rotatable bonds is 6. The number of fused-ring (bicyclic) bond motifs is 1. The van der Waals surface area contributed by atoms with E-state index in [1.807, 2.05) is 13.8 Å². The molecule has 9 heteroatoms. The van der Waals surface area contributed by atoms with Gasteiger partial charge in [0.15, 0.2) is 11.2 Å². The van der Waals surface area contributed by atoms with Gasteiger partial charge in [-0.25, -0.2) is 9.97 Å². The van der Waals surface area contributed by atoms with Gasteiger partial charge in [0.05, 0.1) is 18.4 Å². The molecule has 0 aliphatic rings. The second-order valence-electron chi connectivity index (χ2n) is 6.04. The monoisotopic (exact) mass is 353 g/mol. The number of anilines is 2. The average Bonchev–Trinajstić information content (AvgIpc) is 2.60. The summed E-state index contributed by atoms with van der Waals surface area (Å²) in [6, 6.07) is 6.89. The summed E-state index contributed by atoms with van der Waals surface area (Å²) in [5.74, 6) is -0.109. The maximum absolute atomic E-state index is 12.2. The highest BCUT2D eigenvalue weighted by Gasteiger charge is 2.09. The van der Waals surface area contributed by atoms with Gasteiger partial charge in [-0.2, -0.15) is 4.98 Å². The first kappa shape index (κ1) is 17.3. The highest BCUT2D eigenvalue weighted by molar-refractivity contribution is 5.93. The molecule has 0 aliphatic carbocycles. The van der Waals surface area contributed by atoms with Crippen LogP contribution in [0.5, 0.6) is 0 Å². The first-order valence-corrected chi connectivity index (χ1v) is 8.08. The van der Waals surface area contributed by atoms with E-state index in [-0.39, 0.29) is 22.8 Å². The van der Waals surface area contributed by atoms with E-state index in [9.17, 15) is 9.59 Å². The predicted molar refractivity (Wildman–Crippen MR) is 99.0 cm³/mol. The maximum Gasteiger partial charge on any atom is 0.280 e. The van der Waals surface area contributed by atoms with E-state index in [2.05, 4.69) is 30.6 Å². The van der Waals surface area contributed by atoms with Crippen molar-refractivity contribution in [2.75, 3.05) is 10.6 Å². The average molecular weight is 353 g/mol. The number of carbonyl (C=O) groups excluding carboxylic acids is 1. The summed E-state index contributed by atoms with van der Waals surface area (Å²) in [6.07, 6.45) is 1.57. The summed E-state index contributed by atoms with van der Waals surface area (Å²) >= 11 is 0. The van der Waals surface area contributed by atoms with Gasteiger partial charge in [0, 0.05) is 17.3 Å². The fourth-order valence-electron chi connectivity index (χ4n) is 2.33. The van der Waals surface area contributed by atoms with E-state index >= 15 is 0 Å². The van der Waals surface area contributed by atoms with Crippen LogP contribution in [0.4, 0.5) is 11.6 Å². The second-order valence-corrected chi connectivity index (χ2v) is 6.04. The fourth-order valence-corrected chi connectivity index (χ4v) is 2.33. The first-order chi connectivity index (χ1) is 12.4. The predicted octanol–water partition coefficient (Wildman–Crippen LogP) is 1.24. The van der Waals surface area contributed by atoms with Crippen molar-refractivity contribution in [1.82, 2.24) is 19.9 Å². The lowest BCUT2D eigenvalue weighted by atomic mass is 10.2. The molecule has 0 unspecified atom stereocenters. The van der Waals surface area contributed by atoms with Crippen molar-refractivity contribution in [1.29, 1.82) is 0 Å². The van der Waals surface area contributed by atoms with E-state index < -0.39 is 5.91 Å². The number of nitrogens with two attached hydrogens (primary N) is 1. The number of primary amides is 1. The zero-order valence-electron chi connectivity index (χ0n) is 14.4. The number of H-pyrrole nitrogens is 1. The lowest BCUT2D eigenvalue weighted by Gasteiger charge is -2.09. The Labute approximate surface area is 149 Å². The number of nitrogens with zero attached hydrogens (tertiary/aromatic N) is 3.